The quantitative estimate of drug-likeness (QED) is 0.225. The van der Waals surface area contributed by atoms with Crippen molar-refractivity contribution in [3.8, 4) is 10.8 Å². The first-order chi connectivity index (χ1) is 21.1. The van der Waals surface area contributed by atoms with E-state index in [0.717, 1.165) is 71.6 Å². The predicted octanol–water partition coefficient (Wildman–Crippen LogP) is 6.79. The number of likely N-dealkylation sites (tertiary alicyclic amines) is 1. The largest absolute Gasteiger partial charge is 0.494 e. The number of aliphatic imine (C=N–C) groups is 1. The molecule has 0 unspecified atom stereocenters. The predicted molar refractivity (Wildman–Crippen MR) is 169 cm³/mol. The Kier molecular flexibility index (Phi) is 8.32. The zero-order valence-electron chi connectivity index (χ0n) is 26.3. The summed E-state index contributed by atoms with van der Waals surface area (Å²) < 4.78 is 19.4. The summed E-state index contributed by atoms with van der Waals surface area (Å²) in [7, 11) is 0. The Morgan fingerprint density at radius 1 is 1.09 bits per heavy atom. The van der Waals surface area contributed by atoms with Gasteiger partial charge < -0.3 is 18.8 Å². The maximum absolute atomic E-state index is 12.4. The monoisotopic (exact) mass is 616 g/mol. The van der Waals surface area contributed by atoms with Crippen molar-refractivity contribution in [2.75, 3.05) is 19.7 Å². The zero-order chi connectivity index (χ0) is 31.0. The first-order valence-corrected chi connectivity index (χ1v) is 16.1. The number of amides is 1. The summed E-state index contributed by atoms with van der Waals surface area (Å²) >= 11 is 1.74. The van der Waals surface area contributed by atoms with E-state index in [1.807, 2.05) is 44.7 Å². The van der Waals surface area contributed by atoms with Crippen LogP contribution in [0.4, 0.5) is 4.79 Å². The number of rotatable bonds is 7. The zero-order valence-corrected chi connectivity index (χ0v) is 27.1. The number of aryl methyl sites for hydroxylation is 2. The third kappa shape index (κ3) is 6.29. The van der Waals surface area contributed by atoms with Gasteiger partial charge in [0.25, 0.3) is 0 Å². The van der Waals surface area contributed by atoms with Crippen LogP contribution >= 0.6 is 11.3 Å². The normalized spacial score (nSPS) is 17.1. The van der Waals surface area contributed by atoms with Crippen LogP contribution in [-0.2, 0) is 11.2 Å². The van der Waals surface area contributed by atoms with Gasteiger partial charge in [0.15, 0.2) is 11.7 Å². The second-order valence-corrected chi connectivity index (χ2v) is 13.8. The molecule has 1 aromatic carbocycles. The van der Waals surface area contributed by atoms with Crippen LogP contribution in [0.15, 0.2) is 46.1 Å². The van der Waals surface area contributed by atoms with Crippen molar-refractivity contribution in [2.45, 2.75) is 78.9 Å². The topological polar surface area (TPSA) is 108 Å². The molecule has 0 spiro atoms. The van der Waals surface area contributed by atoms with Crippen LogP contribution in [0.25, 0.3) is 5.00 Å². The van der Waals surface area contributed by atoms with E-state index < -0.39 is 5.60 Å². The first kappa shape index (κ1) is 30.1. The van der Waals surface area contributed by atoms with Crippen LogP contribution in [0.3, 0.4) is 0 Å². The fraction of sp³-hybridized carbons (Fsp3) is 0.485. The van der Waals surface area contributed by atoms with Crippen LogP contribution < -0.4 is 4.74 Å². The summed E-state index contributed by atoms with van der Waals surface area (Å²) in [6, 6.07) is 7.92. The third-order valence-electron chi connectivity index (χ3n) is 8.28. The van der Waals surface area contributed by atoms with Gasteiger partial charge in [0.2, 0.25) is 0 Å². The minimum absolute atomic E-state index is 0.217. The molecule has 1 atom stereocenters. The highest BCUT2D eigenvalue weighted by Gasteiger charge is 2.32. The molecule has 5 heterocycles. The highest BCUT2D eigenvalue weighted by molar-refractivity contribution is 7.15. The Hall–Kier alpha value is -3.99. The number of fused-ring (bicyclic) bond motifs is 3. The van der Waals surface area contributed by atoms with E-state index in [2.05, 4.69) is 45.7 Å². The molecule has 1 saturated heterocycles. The number of thiophene rings is 1. The molecule has 2 aliphatic heterocycles. The fourth-order valence-corrected chi connectivity index (χ4v) is 7.04. The molecule has 10 nitrogen and oxygen atoms in total. The van der Waals surface area contributed by atoms with Gasteiger partial charge in [-0.15, -0.1) is 21.5 Å². The van der Waals surface area contributed by atoms with Crippen molar-refractivity contribution in [1.82, 2.24) is 24.6 Å². The maximum Gasteiger partial charge on any atom is 0.410 e. The van der Waals surface area contributed by atoms with E-state index in [0.29, 0.717) is 24.8 Å². The molecule has 1 fully saturated rings. The Labute approximate surface area is 262 Å². The Morgan fingerprint density at radius 2 is 1.84 bits per heavy atom. The van der Waals surface area contributed by atoms with E-state index in [-0.39, 0.29) is 12.1 Å². The molecule has 11 heteroatoms. The number of ether oxygens (including phenoxy) is 2. The second kappa shape index (κ2) is 12.2. The number of hydrogen-bond donors (Lipinski definition) is 0. The summed E-state index contributed by atoms with van der Waals surface area (Å²) in [6.07, 6.45) is 6.39. The number of piperidine rings is 1. The maximum atomic E-state index is 12.4. The highest BCUT2D eigenvalue weighted by atomic mass is 32.1. The van der Waals surface area contributed by atoms with Gasteiger partial charge in [0.1, 0.15) is 34.5 Å². The molecule has 6 rings (SSSR count). The van der Waals surface area contributed by atoms with Crippen molar-refractivity contribution in [1.29, 1.82) is 0 Å². The van der Waals surface area contributed by atoms with Crippen molar-refractivity contribution < 1.29 is 18.7 Å². The van der Waals surface area contributed by atoms with Crippen molar-refractivity contribution in [3.05, 3.63) is 75.8 Å². The minimum atomic E-state index is -0.470. The molecular formula is C33H40N6O4S. The Morgan fingerprint density at radius 3 is 2.52 bits per heavy atom. The van der Waals surface area contributed by atoms with Gasteiger partial charge in [-0.3, -0.25) is 9.56 Å². The number of nitrogens with zero attached hydrogens (tertiary/aromatic N) is 6. The van der Waals surface area contributed by atoms with Gasteiger partial charge >= 0.3 is 6.09 Å². The average Bonchev–Trinajstić information content (AvgIpc) is 3.68. The van der Waals surface area contributed by atoms with Crippen molar-refractivity contribution in [3.63, 3.8) is 0 Å². The van der Waals surface area contributed by atoms with E-state index in [1.165, 1.54) is 10.4 Å². The molecule has 0 aliphatic carbocycles. The van der Waals surface area contributed by atoms with Crippen molar-refractivity contribution >= 4 is 23.1 Å². The lowest BCUT2D eigenvalue weighted by atomic mass is 9.94. The lowest BCUT2D eigenvalue weighted by Gasteiger charge is -2.33. The molecule has 4 aromatic rings. The summed E-state index contributed by atoms with van der Waals surface area (Å²) in [5.41, 5.74) is 3.78. The smallest absolute Gasteiger partial charge is 0.410 e. The number of benzene rings is 1. The second-order valence-electron chi connectivity index (χ2n) is 12.6. The Bertz CT molecular complexity index is 1640. The third-order valence-corrected chi connectivity index (χ3v) is 9.47. The summed E-state index contributed by atoms with van der Waals surface area (Å²) in [6.45, 7) is 14.1. The summed E-state index contributed by atoms with van der Waals surface area (Å²) in [4.78, 5) is 25.1. The molecule has 0 N–H and O–H groups in total. The molecule has 44 heavy (non-hydrogen) atoms. The van der Waals surface area contributed by atoms with Gasteiger partial charge in [-0.05, 0) is 96.6 Å². The molecule has 0 saturated carbocycles. The molecule has 3 aromatic heterocycles. The standard InChI is InChI=1S/C33H40N6O4S/c1-20-21(2)44-31-28(20)29(35-26(19-27-34-14-18-42-27)30-37-36-22(3)39(30)31)24-7-9-25(10-8-24)41-17-13-23-11-15-38(16-12-23)32(40)43-33(4,5)6/h7-10,14,18,23,26H,11-13,15-17,19H2,1-6H3/t26-/m0/s1. The highest BCUT2D eigenvalue weighted by Crippen LogP contribution is 2.39. The molecule has 0 radical (unpaired) electrons. The number of carbonyl (C=O) groups excluding carboxylic acids is 1. The number of hydrogen-bond acceptors (Lipinski definition) is 9. The minimum Gasteiger partial charge on any atom is -0.494 e. The number of oxazole rings is 1. The molecule has 232 valence electrons. The first-order valence-electron chi connectivity index (χ1n) is 15.3. The van der Waals surface area contributed by atoms with Crippen LogP contribution in [-0.4, -0.2) is 61.8 Å². The molecule has 0 bridgehead atoms. The SMILES string of the molecule is Cc1sc2c(c1C)C(c1ccc(OCCC3CCN(C(=O)OC(C)(C)C)CC3)cc1)=N[C@@H](Cc1ncco1)c1nnc(C)n1-2. The van der Waals surface area contributed by atoms with E-state index in [9.17, 15) is 4.79 Å². The van der Waals surface area contributed by atoms with Gasteiger partial charge in [-0.2, -0.15) is 0 Å². The van der Waals surface area contributed by atoms with Crippen LogP contribution in [0.1, 0.15) is 85.2 Å². The Balaban J connectivity index is 1.15. The summed E-state index contributed by atoms with van der Waals surface area (Å²) in [5, 5.41) is 10.1. The van der Waals surface area contributed by atoms with Crippen LogP contribution in [0, 0.1) is 26.7 Å². The van der Waals surface area contributed by atoms with Crippen LogP contribution in [0.2, 0.25) is 0 Å². The number of carbonyl (C=O) groups is 1. The molecular weight excluding hydrogens is 576 g/mol. The van der Waals surface area contributed by atoms with E-state index >= 15 is 0 Å². The number of aromatic nitrogens is 4. The molecule has 1 amide bonds. The van der Waals surface area contributed by atoms with Crippen LogP contribution in [0.5, 0.6) is 5.75 Å². The van der Waals surface area contributed by atoms with Gasteiger partial charge in [0, 0.05) is 29.1 Å². The van der Waals surface area contributed by atoms with Gasteiger partial charge in [-0.25, -0.2) is 9.78 Å². The molecule has 2 aliphatic rings. The van der Waals surface area contributed by atoms with E-state index in [4.69, 9.17) is 18.9 Å². The van der Waals surface area contributed by atoms with Crippen molar-refractivity contribution in [2.24, 2.45) is 10.9 Å². The lowest BCUT2D eigenvalue weighted by Crippen LogP contribution is -2.41. The van der Waals surface area contributed by atoms with Gasteiger partial charge in [0.05, 0.1) is 24.9 Å². The summed E-state index contributed by atoms with van der Waals surface area (Å²) in [5.74, 6) is 3.59. The van der Waals surface area contributed by atoms with Gasteiger partial charge in [-0.1, -0.05) is 0 Å². The lowest BCUT2D eigenvalue weighted by molar-refractivity contribution is 0.0177. The average molecular weight is 617 g/mol. The fourth-order valence-electron chi connectivity index (χ4n) is 5.83. The van der Waals surface area contributed by atoms with E-state index in [1.54, 1.807) is 23.8 Å².